The molecule has 15 nitrogen and oxygen atoms in total. The van der Waals surface area contributed by atoms with Crippen LogP contribution >= 0.6 is 0 Å². The largest absolute Gasteiger partial charge is 0.508 e. The van der Waals surface area contributed by atoms with Crippen molar-refractivity contribution < 1.29 is 49.2 Å². The van der Waals surface area contributed by atoms with Crippen molar-refractivity contribution in [2.75, 3.05) is 0 Å². The quantitative estimate of drug-likeness (QED) is 0.109. The van der Waals surface area contributed by atoms with Crippen molar-refractivity contribution in [2.24, 2.45) is 11.5 Å². The van der Waals surface area contributed by atoms with Crippen LogP contribution in [0.3, 0.4) is 0 Å². The Morgan fingerprint density at radius 1 is 0.667 bits per heavy atom. The molecule has 0 radical (unpaired) electrons. The highest BCUT2D eigenvalue weighted by molar-refractivity contribution is 5.95. The van der Waals surface area contributed by atoms with E-state index in [1.165, 1.54) is 36.4 Å². The number of rotatable bonds is 16. The lowest BCUT2D eigenvalue weighted by Crippen LogP contribution is -2.58. The zero-order chi connectivity index (χ0) is 31.4. The van der Waals surface area contributed by atoms with E-state index < -0.39 is 72.6 Å². The first-order chi connectivity index (χ1) is 19.7. The van der Waals surface area contributed by atoms with Gasteiger partial charge in [0.2, 0.25) is 23.6 Å². The maximum absolute atomic E-state index is 13.3. The van der Waals surface area contributed by atoms with E-state index in [9.17, 15) is 44.1 Å². The van der Waals surface area contributed by atoms with E-state index in [-0.39, 0.29) is 30.8 Å². The van der Waals surface area contributed by atoms with Gasteiger partial charge in [0, 0.05) is 12.8 Å². The molecule has 0 aliphatic heterocycles. The predicted octanol–water partition coefficient (Wildman–Crippen LogP) is -1.51. The van der Waals surface area contributed by atoms with Crippen molar-refractivity contribution in [3.05, 3.63) is 59.7 Å². The molecule has 226 valence electrons. The van der Waals surface area contributed by atoms with Crippen molar-refractivity contribution in [3.63, 3.8) is 0 Å². The van der Waals surface area contributed by atoms with Crippen LogP contribution in [0.2, 0.25) is 0 Å². The number of carboxylic acid groups (broad SMARTS) is 2. The van der Waals surface area contributed by atoms with E-state index >= 15 is 0 Å². The number of aliphatic carboxylic acids is 2. The van der Waals surface area contributed by atoms with Gasteiger partial charge in [0.1, 0.15) is 29.6 Å². The molecule has 2 rings (SSSR count). The Balaban J connectivity index is 2.25. The molecule has 42 heavy (non-hydrogen) atoms. The molecule has 4 atom stereocenters. The summed E-state index contributed by atoms with van der Waals surface area (Å²) in [6.07, 6.45) is -1.80. The fraction of sp³-hybridized carbons (Fsp3) is 0.333. The van der Waals surface area contributed by atoms with E-state index in [1.807, 2.05) is 0 Å². The molecule has 15 heteroatoms. The number of phenols is 2. The van der Waals surface area contributed by atoms with Crippen LogP contribution in [0, 0.1) is 0 Å². The molecular formula is C27H33N5O10. The zero-order valence-electron chi connectivity index (χ0n) is 22.4. The van der Waals surface area contributed by atoms with Gasteiger partial charge in [-0.05, 0) is 48.2 Å². The number of carboxylic acids is 2. The van der Waals surface area contributed by atoms with Crippen molar-refractivity contribution in [1.29, 1.82) is 0 Å². The first kappa shape index (κ1) is 33.0. The van der Waals surface area contributed by atoms with E-state index in [0.717, 1.165) is 0 Å². The van der Waals surface area contributed by atoms with Crippen LogP contribution in [0.1, 0.15) is 30.4 Å². The van der Waals surface area contributed by atoms with Crippen molar-refractivity contribution >= 4 is 35.6 Å². The number of aromatic hydroxyl groups is 2. The van der Waals surface area contributed by atoms with Gasteiger partial charge >= 0.3 is 11.9 Å². The summed E-state index contributed by atoms with van der Waals surface area (Å²) < 4.78 is 0. The van der Waals surface area contributed by atoms with Crippen LogP contribution in [0.5, 0.6) is 11.5 Å². The lowest BCUT2D eigenvalue weighted by molar-refractivity contribution is -0.143. The summed E-state index contributed by atoms with van der Waals surface area (Å²) in [4.78, 5) is 73.2. The van der Waals surface area contributed by atoms with Crippen LogP contribution in [0.25, 0.3) is 0 Å². The monoisotopic (exact) mass is 587 g/mol. The number of carbonyl (C=O) groups excluding carboxylic acids is 4. The van der Waals surface area contributed by atoms with Gasteiger partial charge < -0.3 is 47.8 Å². The summed E-state index contributed by atoms with van der Waals surface area (Å²) in [7, 11) is 0. The summed E-state index contributed by atoms with van der Waals surface area (Å²) in [5.41, 5.74) is 12.1. The minimum atomic E-state index is -1.70. The Morgan fingerprint density at radius 3 is 1.60 bits per heavy atom. The van der Waals surface area contributed by atoms with Crippen molar-refractivity contribution in [1.82, 2.24) is 16.0 Å². The first-order valence-corrected chi connectivity index (χ1v) is 12.7. The topological polar surface area (TPSA) is 271 Å². The lowest BCUT2D eigenvalue weighted by atomic mass is 10.0. The number of amides is 4. The van der Waals surface area contributed by atoms with Gasteiger partial charge in [-0.3, -0.25) is 24.0 Å². The van der Waals surface area contributed by atoms with E-state index in [0.29, 0.717) is 11.1 Å². The maximum atomic E-state index is 13.3. The number of primary amides is 1. The molecular weight excluding hydrogens is 554 g/mol. The lowest BCUT2D eigenvalue weighted by Gasteiger charge is -2.25. The molecule has 0 bridgehead atoms. The minimum absolute atomic E-state index is 0.0115. The third kappa shape index (κ3) is 11.1. The predicted molar refractivity (Wildman–Crippen MR) is 146 cm³/mol. The number of hydrogen-bond donors (Lipinski definition) is 9. The standard InChI is InChI=1S/C27H33N5O10/c28-18(11-14-1-5-16(33)6-2-14)24(38)30-19(9-10-23(36)37)25(39)31-20(12-15-3-7-17(34)8-4-15)26(40)32-21(27(41)42)13-22(29)35/h1-8,18-21,33-34H,9-13,28H2,(H2,29,35)(H,30,38)(H,31,39)(H,32,40)(H,36,37)(H,41,42). The molecule has 0 aromatic heterocycles. The molecule has 0 fully saturated rings. The van der Waals surface area contributed by atoms with E-state index in [4.69, 9.17) is 16.6 Å². The second-order valence-electron chi connectivity index (χ2n) is 9.47. The number of benzene rings is 2. The van der Waals surface area contributed by atoms with Crippen LogP contribution in [0.4, 0.5) is 0 Å². The molecule has 0 heterocycles. The van der Waals surface area contributed by atoms with Gasteiger partial charge in [0.15, 0.2) is 0 Å². The average molecular weight is 588 g/mol. The van der Waals surface area contributed by atoms with Crippen molar-refractivity contribution in [3.8, 4) is 11.5 Å². The molecule has 0 aliphatic rings. The summed E-state index contributed by atoms with van der Waals surface area (Å²) in [6.45, 7) is 0. The molecule has 11 N–H and O–H groups in total. The highest BCUT2D eigenvalue weighted by Crippen LogP contribution is 2.13. The summed E-state index contributed by atoms with van der Waals surface area (Å²) in [5, 5.41) is 44.4. The molecule has 2 aromatic carbocycles. The van der Waals surface area contributed by atoms with E-state index in [2.05, 4.69) is 16.0 Å². The Morgan fingerprint density at radius 2 is 1.12 bits per heavy atom. The Kier molecular flexibility index (Phi) is 12.2. The minimum Gasteiger partial charge on any atom is -0.508 e. The smallest absolute Gasteiger partial charge is 0.326 e. The molecule has 4 amide bonds. The average Bonchev–Trinajstić information content (AvgIpc) is 2.91. The highest BCUT2D eigenvalue weighted by Gasteiger charge is 2.31. The SMILES string of the molecule is NC(=O)CC(NC(=O)C(Cc1ccc(O)cc1)NC(=O)C(CCC(=O)O)NC(=O)C(N)Cc1ccc(O)cc1)C(=O)O. The van der Waals surface area contributed by atoms with Gasteiger partial charge in [-0.2, -0.15) is 0 Å². The maximum Gasteiger partial charge on any atom is 0.326 e. The fourth-order valence-corrected chi connectivity index (χ4v) is 3.82. The van der Waals surface area contributed by atoms with Crippen molar-refractivity contribution in [2.45, 2.75) is 56.3 Å². The van der Waals surface area contributed by atoms with Gasteiger partial charge in [-0.25, -0.2) is 4.79 Å². The number of phenolic OH excluding ortho intramolecular Hbond substituents is 2. The number of carbonyl (C=O) groups is 6. The molecule has 0 aliphatic carbocycles. The molecule has 4 unspecified atom stereocenters. The summed E-state index contributed by atoms with van der Waals surface area (Å²) in [5.74, 6) is -6.62. The van der Waals surface area contributed by atoms with Crippen LogP contribution < -0.4 is 27.4 Å². The van der Waals surface area contributed by atoms with Crippen LogP contribution in [-0.2, 0) is 41.6 Å². The first-order valence-electron chi connectivity index (χ1n) is 12.7. The summed E-state index contributed by atoms with van der Waals surface area (Å²) >= 11 is 0. The third-order valence-corrected chi connectivity index (χ3v) is 6.04. The van der Waals surface area contributed by atoms with Gasteiger partial charge in [-0.15, -0.1) is 0 Å². The van der Waals surface area contributed by atoms with Gasteiger partial charge in [-0.1, -0.05) is 24.3 Å². The Labute approximate surface area is 239 Å². The summed E-state index contributed by atoms with van der Waals surface area (Å²) in [6, 6.07) is 5.69. The van der Waals surface area contributed by atoms with E-state index in [1.54, 1.807) is 12.1 Å². The van der Waals surface area contributed by atoms with Gasteiger partial charge in [0.05, 0.1) is 12.5 Å². The van der Waals surface area contributed by atoms with Crippen LogP contribution in [-0.4, -0.2) is 80.2 Å². The molecule has 2 aromatic rings. The number of nitrogens with one attached hydrogen (secondary N) is 3. The second kappa shape index (κ2) is 15.6. The molecule has 0 saturated carbocycles. The van der Waals surface area contributed by atoms with Gasteiger partial charge in [0.25, 0.3) is 0 Å². The highest BCUT2D eigenvalue weighted by atomic mass is 16.4. The molecule has 0 spiro atoms. The third-order valence-electron chi connectivity index (χ3n) is 6.04. The normalized spacial score (nSPS) is 13.5. The fourth-order valence-electron chi connectivity index (χ4n) is 3.82. The Bertz CT molecular complexity index is 1280. The second-order valence-corrected chi connectivity index (χ2v) is 9.47. The number of nitrogens with two attached hydrogens (primary N) is 2. The number of hydrogen-bond acceptors (Lipinski definition) is 9. The molecule has 0 saturated heterocycles. The van der Waals surface area contributed by atoms with Crippen LogP contribution in [0.15, 0.2) is 48.5 Å². The Hall–Kier alpha value is -5.18. The zero-order valence-corrected chi connectivity index (χ0v) is 22.4.